The molecule has 1 aliphatic rings. The number of nitrogens with zero attached hydrogens (tertiary/aromatic N) is 2. The van der Waals surface area contributed by atoms with E-state index >= 15 is 0 Å². The first-order valence-electron chi connectivity index (χ1n) is 8.73. The number of methoxy groups -OCH3 is 2. The first-order valence-corrected chi connectivity index (χ1v) is 9.61. The van der Waals surface area contributed by atoms with E-state index in [4.69, 9.17) is 14.2 Å². The number of thiazole rings is 1. The molecule has 0 bridgehead atoms. The monoisotopic (exact) mass is 370 g/mol. The summed E-state index contributed by atoms with van der Waals surface area (Å²) in [6.45, 7) is 1.98. The number of hydrogen-bond acceptors (Lipinski definition) is 6. The van der Waals surface area contributed by atoms with Gasteiger partial charge in [0, 0.05) is 37.7 Å². The molecule has 0 radical (unpaired) electrons. The molecule has 0 spiro atoms. The summed E-state index contributed by atoms with van der Waals surface area (Å²) in [4.78, 5) is 6.78. The molecular weight excluding hydrogens is 348 g/mol. The molecular formula is C20H22N2O3S. The van der Waals surface area contributed by atoms with Crippen LogP contribution in [0.4, 0.5) is 5.69 Å². The van der Waals surface area contributed by atoms with Crippen LogP contribution in [-0.2, 0) is 0 Å². The van der Waals surface area contributed by atoms with Crippen molar-refractivity contribution in [1.82, 2.24) is 4.98 Å². The van der Waals surface area contributed by atoms with Crippen LogP contribution in [0.5, 0.6) is 17.2 Å². The lowest BCUT2D eigenvalue weighted by atomic mass is 10.1. The van der Waals surface area contributed by atoms with Crippen molar-refractivity contribution in [2.75, 3.05) is 32.2 Å². The van der Waals surface area contributed by atoms with Gasteiger partial charge < -0.3 is 19.1 Å². The fraction of sp³-hybridized carbons (Fsp3) is 0.350. The molecule has 5 nitrogen and oxygen atoms in total. The predicted molar refractivity (Wildman–Crippen MR) is 105 cm³/mol. The first kappa shape index (κ1) is 17.0. The van der Waals surface area contributed by atoms with Gasteiger partial charge in [0.1, 0.15) is 11.9 Å². The van der Waals surface area contributed by atoms with Gasteiger partial charge in [-0.05, 0) is 30.3 Å². The van der Waals surface area contributed by atoms with Gasteiger partial charge in [-0.15, -0.1) is 11.3 Å². The summed E-state index contributed by atoms with van der Waals surface area (Å²) in [5, 5.41) is 0. The van der Waals surface area contributed by atoms with Crippen LogP contribution < -0.4 is 19.1 Å². The maximum atomic E-state index is 6.17. The van der Waals surface area contributed by atoms with Crippen LogP contribution in [-0.4, -0.2) is 38.4 Å². The smallest absolute Gasteiger partial charge is 0.164 e. The van der Waals surface area contributed by atoms with E-state index in [9.17, 15) is 0 Å². The Hall–Kier alpha value is -2.47. The van der Waals surface area contributed by atoms with E-state index in [-0.39, 0.29) is 6.10 Å². The van der Waals surface area contributed by atoms with Gasteiger partial charge in [-0.2, -0.15) is 0 Å². The molecule has 3 aromatic rings. The number of ether oxygens (including phenoxy) is 3. The van der Waals surface area contributed by atoms with Crippen molar-refractivity contribution in [3.8, 4) is 17.2 Å². The van der Waals surface area contributed by atoms with Crippen LogP contribution in [0.3, 0.4) is 0 Å². The van der Waals surface area contributed by atoms with Gasteiger partial charge in [-0.1, -0.05) is 0 Å². The zero-order chi connectivity index (χ0) is 17.9. The highest BCUT2D eigenvalue weighted by Crippen LogP contribution is 2.33. The minimum absolute atomic E-state index is 0.219. The van der Waals surface area contributed by atoms with Gasteiger partial charge in [0.2, 0.25) is 0 Å². The van der Waals surface area contributed by atoms with Crippen molar-refractivity contribution < 1.29 is 14.2 Å². The van der Waals surface area contributed by atoms with Crippen LogP contribution in [0, 0.1) is 0 Å². The second-order valence-electron chi connectivity index (χ2n) is 6.33. The van der Waals surface area contributed by atoms with Crippen LogP contribution in [0.15, 0.2) is 41.9 Å². The third-order valence-electron chi connectivity index (χ3n) is 4.78. The maximum absolute atomic E-state index is 6.17. The molecule has 4 rings (SSSR count). The molecule has 1 saturated heterocycles. The summed E-state index contributed by atoms with van der Waals surface area (Å²) in [5.41, 5.74) is 4.24. The standard InChI is InChI=1S/C20H22N2O3S/c1-23-18-6-4-16(12-19(18)24-2)25-15-7-9-22(10-8-15)14-3-5-17-20(11-14)26-13-21-17/h3-6,11-13,15H,7-10H2,1-2H3. The zero-order valence-corrected chi connectivity index (χ0v) is 15.8. The lowest BCUT2D eigenvalue weighted by Crippen LogP contribution is -2.38. The molecule has 0 atom stereocenters. The van der Waals surface area contributed by atoms with Crippen LogP contribution in [0.25, 0.3) is 10.2 Å². The summed E-state index contributed by atoms with van der Waals surface area (Å²) >= 11 is 1.69. The van der Waals surface area contributed by atoms with Crippen molar-refractivity contribution in [3.63, 3.8) is 0 Å². The van der Waals surface area contributed by atoms with Gasteiger partial charge in [0.25, 0.3) is 0 Å². The van der Waals surface area contributed by atoms with Crippen LogP contribution in [0.1, 0.15) is 12.8 Å². The van der Waals surface area contributed by atoms with Gasteiger partial charge >= 0.3 is 0 Å². The zero-order valence-electron chi connectivity index (χ0n) is 15.0. The van der Waals surface area contributed by atoms with Crippen molar-refractivity contribution in [3.05, 3.63) is 41.9 Å². The average molecular weight is 370 g/mol. The fourth-order valence-corrected chi connectivity index (χ4v) is 4.06. The lowest BCUT2D eigenvalue weighted by molar-refractivity contribution is 0.170. The minimum atomic E-state index is 0.219. The lowest BCUT2D eigenvalue weighted by Gasteiger charge is -2.33. The number of hydrogen-bond donors (Lipinski definition) is 0. The van der Waals surface area contributed by atoms with E-state index in [1.54, 1.807) is 25.6 Å². The minimum Gasteiger partial charge on any atom is -0.493 e. The Labute approximate surface area is 157 Å². The maximum Gasteiger partial charge on any atom is 0.164 e. The van der Waals surface area contributed by atoms with Gasteiger partial charge in [0.15, 0.2) is 11.5 Å². The molecule has 0 N–H and O–H groups in total. The SMILES string of the molecule is COc1ccc(OC2CCN(c3ccc4ncsc4c3)CC2)cc1OC. The van der Waals surface area contributed by atoms with Crippen LogP contribution >= 0.6 is 11.3 Å². The van der Waals surface area contributed by atoms with E-state index in [1.165, 1.54) is 10.4 Å². The average Bonchev–Trinajstić information content (AvgIpc) is 3.16. The highest BCUT2D eigenvalue weighted by atomic mass is 32.1. The molecule has 0 amide bonds. The molecule has 2 aromatic carbocycles. The Balaban J connectivity index is 1.39. The molecule has 1 fully saturated rings. The summed E-state index contributed by atoms with van der Waals surface area (Å²) in [6.07, 6.45) is 2.21. The molecule has 0 unspecified atom stereocenters. The molecule has 136 valence electrons. The Morgan fingerprint density at radius 3 is 2.58 bits per heavy atom. The molecule has 1 aliphatic heterocycles. The molecule has 2 heterocycles. The summed E-state index contributed by atoms with van der Waals surface area (Å²) < 4.78 is 18.0. The predicted octanol–water partition coefficient (Wildman–Crippen LogP) is 4.36. The highest BCUT2D eigenvalue weighted by Gasteiger charge is 2.21. The number of rotatable bonds is 5. The number of benzene rings is 2. The number of fused-ring (bicyclic) bond motifs is 1. The highest BCUT2D eigenvalue weighted by molar-refractivity contribution is 7.16. The van der Waals surface area contributed by atoms with E-state index in [2.05, 4.69) is 28.1 Å². The molecule has 6 heteroatoms. The number of aromatic nitrogens is 1. The Kier molecular flexibility index (Phi) is 4.84. The molecule has 0 saturated carbocycles. The van der Waals surface area contributed by atoms with Crippen LogP contribution in [0.2, 0.25) is 0 Å². The van der Waals surface area contributed by atoms with Crippen molar-refractivity contribution >= 4 is 27.2 Å². The quantitative estimate of drug-likeness (QED) is 0.668. The fourth-order valence-electron chi connectivity index (χ4n) is 3.35. The van der Waals surface area contributed by atoms with Gasteiger partial charge in [0.05, 0.1) is 29.9 Å². The third kappa shape index (κ3) is 3.42. The molecule has 1 aromatic heterocycles. The Bertz CT molecular complexity index is 888. The van der Waals surface area contributed by atoms with Crippen molar-refractivity contribution in [2.24, 2.45) is 0 Å². The largest absolute Gasteiger partial charge is 0.493 e. The Morgan fingerprint density at radius 2 is 1.81 bits per heavy atom. The van der Waals surface area contributed by atoms with Gasteiger partial charge in [-0.3, -0.25) is 0 Å². The van der Waals surface area contributed by atoms with E-state index < -0.39 is 0 Å². The molecule has 0 aliphatic carbocycles. The Morgan fingerprint density at radius 1 is 1.00 bits per heavy atom. The second kappa shape index (κ2) is 7.41. The topological polar surface area (TPSA) is 43.8 Å². The van der Waals surface area contributed by atoms with E-state index in [1.807, 2.05) is 23.7 Å². The normalized spacial score (nSPS) is 15.2. The van der Waals surface area contributed by atoms with Gasteiger partial charge in [-0.25, -0.2) is 4.98 Å². The van der Waals surface area contributed by atoms with Crippen molar-refractivity contribution in [2.45, 2.75) is 18.9 Å². The summed E-state index contributed by atoms with van der Waals surface area (Å²) in [7, 11) is 3.28. The van der Waals surface area contributed by atoms with E-state index in [0.29, 0.717) is 11.5 Å². The number of anilines is 1. The van der Waals surface area contributed by atoms with E-state index in [0.717, 1.165) is 37.2 Å². The third-order valence-corrected chi connectivity index (χ3v) is 5.57. The summed E-state index contributed by atoms with van der Waals surface area (Å²) in [6, 6.07) is 12.2. The van der Waals surface area contributed by atoms with Crippen molar-refractivity contribution in [1.29, 1.82) is 0 Å². The second-order valence-corrected chi connectivity index (χ2v) is 7.21. The number of piperidine rings is 1. The first-order chi connectivity index (χ1) is 12.8. The molecule has 26 heavy (non-hydrogen) atoms. The summed E-state index contributed by atoms with van der Waals surface area (Å²) in [5.74, 6) is 2.24.